The number of hydrogen-bond donors (Lipinski definition) is 1. The normalized spacial score (nSPS) is 13.0. The van der Waals surface area contributed by atoms with Crippen molar-refractivity contribution in [3.05, 3.63) is 77.0 Å². The van der Waals surface area contributed by atoms with Crippen molar-refractivity contribution in [2.45, 2.75) is 19.9 Å². The highest BCUT2D eigenvalue weighted by atomic mass is 16.5. The van der Waals surface area contributed by atoms with Crippen LogP contribution in [-0.2, 0) is 17.7 Å². The minimum Gasteiger partial charge on any atom is -0.465 e. The van der Waals surface area contributed by atoms with Crippen LogP contribution >= 0.6 is 0 Å². The molecule has 0 saturated heterocycles. The Morgan fingerprint density at radius 1 is 1.07 bits per heavy atom. The summed E-state index contributed by atoms with van der Waals surface area (Å²) in [6.07, 6.45) is 0.974. The number of fused-ring (bicyclic) bond motifs is 1. The lowest BCUT2D eigenvalue weighted by Crippen LogP contribution is -2.32. The topological polar surface area (TPSA) is 67.3 Å². The minimum absolute atomic E-state index is 0.387. The molecule has 1 aromatic heterocycles. The quantitative estimate of drug-likeness (QED) is 0.699. The lowest BCUT2D eigenvalue weighted by molar-refractivity contribution is 0.0602. The van der Waals surface area contributed by atoms with E-state index in [1.807, 2.05) is 25.1 Å². The van der Waals surface area contributed by atoms with E-state index in [0.717, 1.165) is 25.2 Å². The number of ether oxygens (including phenoxy) is 1. The zero-order valence-corrected chi connectivity index (χ0v) is 16.0. The van der Waals surface area contributed by atoms with Crippen LogP contribution in [0.2, 0.25) is 0 Å². The molecule has 1 N–H and O–H groups in total. The summed E-state index contributed by atoms with van der Waals surface area (Å²) in [7, 11) is 1.38. The number of nitrogens with one attached hydrogen (secondary N) is 1. The first-order valence-corrected chi connectivity index (χ1v) is 9.26. The van der Waals surface area contributed by atoms with E-state index in [0.29, 0.717) is 23.0 Å². The van der Waals surface area contributed by atoms with Crippen LogP contribution in [0.3, 0.4) is 0 Å². The standard InChI is InChI=1S/C22H22N4O2/c1-15-13-20(24-19-10-6-5-9-18(19)21(27)28-2)25-22(23-15)26-12-11-16-7-3-4-8-17(16)14-26/h3-10,13H,11-12,14H2,1-2H3,(H,23,24,25). The molecule has 1 aliphatic heterocycles. The molecule has 0 aliphatic carbocycles. The summed E-state index contributed by atoms with van der Waals surface area (Å²) in [6, 6.07) is 17.6. The predicted molar refractivity (Wildman–Crippen MR) is 109 cm³/mol. The third kappa shape index (κ3) is 3.67. The number of anilines is 3. The van der Waals surface area contributed by atoms with E-state index in [2.05, 4.69) is 39.5 Å². The van der Waals surface area contributed by atoms with Crippen molar-refractivity contribution in [1.29, 1.82) is 0 Å². The molecular weight excluding hydrogens is 352 g/mol. The lowest BCUT2D eigenvalue weighted by atomic mass is 10.0. The van der Waals surface area contributed by atoms with Crippen molar-refractivity contribution >= 4 is 23.4 Å². The zero-order chi connectivity index (χ0) is 19.5. The summed E-state index contributed by atoms with van der Waals surface area (Å²) >= 11 is 0. The average molecular weight is 374 g/mol. The van der Waals surface area contributed by atoms with Crippen molar-refractivity contribution in [2.24, 2.45) is 0 Å². The van der Waals surface area contributed by atoms with Gasteiger partial charge in [-0.3, -0.25) is 0 Å². The number of carbonyl (C=O) groups is 1. The second-order valence-electron chi connectivity index (χ2n) is 6.80. The molecule has 0 amide bonds. The number of methoxy groups -OCH3 is 1. The summed E-state index contributed by atoms with van der Waals surface area (Å²) < 4.78 is 4.87. The molecule has 2 aromatic carbocycles. The second-order valence-corrected chi connectivity index (χ2v) is 6.80. The number of rotatable bonds is 4. The summed E-state index contributed by atoms with van der Waals surface area (Å²) in [4.78, 5) is 23.5. The van der Waals surface area contributed by atoms with Gasteiger partial charge in [-0.15, -0.1) is 0 Å². The Balaban J connectivity index is 1.62. The monoisotopic (exact) mass is 374 g/mol. The van der Waals surface area contributed by atoms with Gasteiger partial charge in [0.2, 0.25) is 5.95 Å². The maximum atomic E-state index is 12.0. The van der Waals surface area contributed by atoms with Gasteiger partial charge in [0, 0.05) is 24.8 Å². The van der Waals surface area contributed by atoms with E-state index in [9.17, 15) is 4.79 Å². The first kappa shape index (κ1) is 18.0. The van der Waals surface area contributed by atoms with Gasteiger partial charge in [-0.1, -0.05) is 36.4 Å². The maximum absolute atomic E-state index is 12.0. The van der Waals surface area contributed by atoms with Crippen molar-refractivity contribution in [1.82, 2.24) is 9.97 Å². The largest absolute Gasteiger partial charge is 0.465 e. The van der Waals surface area contributed by atoms with Gasteiger partial charge in [0.1, 0.15) is 5.82 Å². The molecule has 3 aromatic rings. The summed E-state index contributed by atoms with van der Waals surface area (Å²) in [5, 5.41) is 3.25. The minimum atomic E-state index is -0.387. The molecule has 1 aliphatic rings. The Bertz CT molecular complexity index is 1020. The number of nitrogens with zero attached hydrogens (tertiary/aromatic N) is 3. The first-order chi connectivity index (χ1) is 13.6. The van der Waals surface area contributed by atoms with E-state index in [-0.39, 0.29) is 5.97 Å². The fraction of sp³-hybridized carbons (Fsp3) is 0.227. The van der Waals surface area contributed by atoms with Crippen LogP contribution in [0.25, 0.3) is 0 Å². The first-order valence-electron chi connectivity index (χ1n) is 9.26. The van der Waals surface area contributed by atoms with Gasteiger partial charge in [0.15, 0.2) is 0 Å². The molecule has 0 unspecified atom stereocenters. The van der Waals surface area contributed by atoms with E-state index < -0.39 is 0 Å². The average Bonchev–Trinajstić information content (AvgIpc) is 2.73. The zero-order valence-electron chi connectivity index (χ0n) is 16.0. The van der Waals surface area contributed by atoms with Gasteiger partial charge in [-0.25, -0.2) is 9.78 Å². The van der Waals surface area contributed by atoms with Gasteiger partial charge >= 0.3 is 5.97 Å². The molecule has 28 heavy (non-hydrogen) atoms. The summed E-state index contributed by atoms with van der Waals surface area (Å²) in [5.41, 5.74) is 4.68. The van der Waals surface area contributed by atoms with Crippen LogP contribution in [0.1, 0.15) is 27.2 Å². The van der Waals surface area contributed by atoms with Crippen molar-refractivity contribution in [3.63, 3.8) is 0 Å². The lowest BCUT2D eigenvalue weighted by Gasteiger charge is -2.29. The highest BCUT2D eigenvalue weighted by Crippen LogP contribution is 2.25. The molecule has 0 bridgehead atoms. The molecule has 4 rings (SSSR count). The third-order valence-corrected chi connectivity index (χ3v) is 4.85. The van der Waals surface area contributed by atoms with Crippen LogP contribution < -0.4 is 10.2 Å². The van der Waals surface area contributed by atoms with Crippen molar-refractivity contribution < 1.29 is 9.53 Å². The molecule has 2 heterocycles. The van der Waals surface area contributed by atoms with Crippen molar-refractivity contribution in [2.75, 3.05) is 23.9 Å². The van der Waals surface area contributed by atoms with Gasteiger partial charge in [-0.05, 0) is 36.6 Å². The predicted octanol–water partition coefficient (Wildman–Crippen LogP) is 3.88. The molecule has 0 atom stereocenters. The highest BCUT2D eigenvalue weighted by molar-refractivity contribution is 5.96. The highest BCUT2D eigenvalue weighted by Gasteiger charge is 2.19. The Labute approximate surface area is 164 Å². The van der Waals surface area contributed by atoms with E-state index in [1.54, 1.807) is 12.1 Å². The molecule has 6 nitrogen and oxygen atoms in total. The Kier molecular flexibility index (Phi) is 4.93. The van der Waals surface area contributed by atoms with Crippen LogP contribution in [0, 0.1) is 6.92 Å². The smallest absolute Gasteiger partial charge is 0.339 e. The van der Waals surface area contributed by atoms with Gasteiger partial charge in [0.25, 0.3) is 0 Å². The number of aromatic nitrogens is 2. The fourth-order valence-corrected chi connectivity index (χ4v) is 3.44. The summed E-state index contributed by atoms with van der Waals surface area (Å²) in [6.45, 7) is 3.61. The summed E-state index contributed by atoms with van der Waals surface area (Å²) in [5.74, 6) is 0.951. The Morgan fingerprint density at radius 2 is 1.82 bits per heavy atom. The van der Waals surface area contributed by atoms with Crippen LogP contribution in [0.5, 0.6) is 0 Å². The molecule has 0 spiro atoms. The van der Waals surface area contributed by atoms with Crippen LogP contribution in [0.15, 0.2) is 54.6 Å². The molecule has 0 fully saturated rings. The molecule has 0 saturated carbocycles. The molecule has 142 valence electrons. The molecule has 6 heteroatoms. The SMILES string of the molecule is COC(=O)c1ccccc1Nc1cc(C)nc(N2CCc3ccccc3C2)n1. The Morgan fingerprint density at radius 3 is 2.64 bits per heavy atom. The maximum Gasteiger partial charge on any atom is 0.339 e. The van der Waals surface area contributed by atoms with Crippen LogP contribution in [0.4, 0.5) is 17.5 Å². The third-order valence-electron chi connectivity index (χ3n) is 4.85. The van der Waals surface area contributed by atoms with E-state index >= 15 is 0 Å². The van der Waals surface area contributed by atoms with E-state index in [4.69, 9.17) is 9.72 Å². The molecule has 0 radical (unpaired) electrons. The number of esters is 1. The van der Waals surface area contributed by atoms with E-state index in [1.165, 1.54) is 18.2 Å². The van der Waals surface area contributed by atoms with Crippen molar-refractivity contribution in [3.8, 4) is 0 Å². The van der Waals surface area contributed by atoms with Gasteiger partial charge in [0.05, 0.1) is 18.4 Å². The van der Waals surface area contributed by atoms with Gasteiger partial charge in [-0.2, -0.15) is 4.98 Å². The number of hydrogen-bond acceptors (Lipinski definition) is 6. The molecular formula is C22H22N4O2. The Hall–Kier alpha value is -3.41. The second kappa shape index (κ2) is 7.68. The fourth-order valence-electron chi connectivity index (χ4n) is 3.44. The van der Waals surface area contributed by atoms with Gasteiger partial charge < -0.3 is 15.0 Å². The number of aryl methyl sites for hydroxylation is 1. The number of benzene rings is 2. The number of carbonyl (C=O) groups excluding carboxylic acids is 1. The number of para-hydroxylation sites is 1. The van der Waals surface area contributed by atoms with Crippen LogP contribution in [-0.4, -0.2) is 29.6 Å².